The van der Waals surface area contributed by atoms with E-state index in [1.165, 1.54) is 29.5 Å². The van der Waals surface area contributed by atoms with Crippen molar-refractivity contribution < 1.29 is 19.4 Å². The van der Waals surface area contributed by atoms with Crippen LogP contribution in [0.2, 0.25) is 0 Å². The van der Waals surface area contributed by atoms with Crippen molar-refractivity contribution in [2.45, 2.75) is 25.2 Å². The van der Waals surface area contributed by atoms with Gasteiger partial charge in [0.1, 0.15) is 5.69 Å². The average Bonchev–Trinajstić information content (AvgIpc) is 2.67. The molecule has 1 fully saturated rings. The number of hydrogen-bond acceptors (Lipinski definition) is 4. The molecule has 0 spiro atoms. The van der Waals surface area contributed by atoms with Gasteiger partial charge in [-0.05, 0) is 43.0 Å². The summed E-state index contributed by atoms with van der Waals surface area (Å²) in [6.07, 6.45) is 2.99. The number of carboxylic acid groups (broad SMARTS) is 1. The molecular formula is C20H22N2O4. The number of ether oxygens (including phenoxy) is 1. The molecule has 0 radical (unpaired) electrons. The van der Waals surface area contributed by atoms with Crippen molar-refractivity contribution in [1.29, 1.82) is 0 Å². The molecule has 1 aliphatic rings. The first-order chi connectivity index (χ1) is 12.5. The molecule has 1 saturated heterocycles. The number of hydrogen-bond donors (Lipinski definition) is 2. The van der Waals surface area contributed by atoms with Crippen molar-refractivity contribution in [2.75, 3.05) is 19.8 Å². The molecule has 0 bridgehead atoms. The van der Waals surface area contributed by atoms with Crippen LogP contribution >= 0.6 is 0 Å². The lowest BCUT2D eigenvalue weighted by Crippen LogP contribution is -2.45. The highest BCUT2D eigenvalue weighted by molar-refractivity contribution is 5.96. The second kappa shape index (κ2) is 7.66. The maximum atomic E-state index is 12.6. The van der Waals surface area contributed by atoms with E-state index in [1.54, 1.807) is 0 Å². The summed E-state index contributed by atoms with van der Waals surface area (Å²) in [5.41, 5.74) is 2.40. The number of pyridine rings is 1. The van der Waals surface area contributed by atoms with Gasteiger partial charge >= 0.3 is 5.97 Å². The largest absolute Gasteiger partial charge is 0.477 e. The van der Waals surface area contributed by atoms with Crippen molar-refractivity contribution in [3.63, 3.8) is 0 Å². The first-order valence-electron chi connectivity index (χ1n) is 8.63. The highest BCUT2D eigenvalue weighted by Gasteiger charge is 2.35. The Labute approximate surface area is 152 Å². The van der Waals surface area contributed by atoms with E-state index in [9.17, 15) is 9.59 Å². The van der Waals surface area contributed by atoms with E-state index in [2.05, 4.69) is 29.4 Å². The number of rotatable bonds is 5. The van der Waals surface area contributed by atoms with E-state index in [-0.39, 0.29) is 17.0 Å². The highest BCUT2D eigenvalue weighted by atomic mass is 16.5. The second-order valence-electron chi connectivity index (χ2n) is 6.63. The molecule has 3 rings (SSSR count). The SMILES string of the molecule is Cc1ccccc1C1(CNC(=O)c2ccnc(C(=O)O)c2)CCOCC1. The molecule has 1 aromatic carbocycles. The van der Waals surface area contributed by atoms with Gasteiger partial charge in [-0.1, -0.05) is 24.3 Å². The molecule has 2 N–H and O–H groups in total. The van der Waals surface area contributed by atoms with Crippen LogP contribution in [-0.4, -0.2) is 41.7 Å². The minimum atomic E-state index is -1.15. The van der Waals surface area contributed by atoms with Crippen molar-refractivity contribution in [1.82, 2.24) is 10.3 Å². The Balaban J connectivity index is 1.80. The number of aromatic nitrogens is 1. The Morgan fingerprint density at radius 1 is 1.23 bits per heavy atom. The lowest BCUT2D eigenvalue weighted by molar-refractivity contribution is 0.0485. The third kappa shape index (κ3) is 3.75. The molecule has 2 heterocycles. The quantitative estimate of drug-likeness (QED) is 0.861. The van der Waals surface area contributed by atoms with Crippen LogP contribution in [0.1, 0.15) is 44.8 Å². The standard InChI is InChI=1S/C20H22N2O4/c1-14-4-2-3-5-16(14)20(7-10-26-11-8-20)13-22-18(23)15-6-9-21-17(12-15)19(24)25/h2-6,9,12H,7-8,10-11,13H2,1H3,(H,22,23)(H,24,25). The number of carboxylic acids is 1. The molecule has 0 unspecified atom stereocenters. The molecule has 0 saturated carbocycles. The maximum Gasteiger partial charge on any atom is 0.354 e. The van der Waals surface area contributed by atoms with Gasteiger partial charge in [0.05, 0.1) is 0 Å². The van der Waals surface area contributed by atoms with Crippen LogP contribution in [0.25, 0.3) is 0 Å². The topological polar surface area (TPSA) is 88.5 Å². The van der Waals surface area contributed by atoms with Crippen LogP contribution in [0, 0.1) is 6.92 Å². The summed E-state index contributed by atoms with van der Waals surface area (Å²) in [7, 11) is 0. The normalized spacial score (nSPS) is 16.0. The van der Waals surface area contributed by atoms with E-state index < -0.39 is 5.97 Å². The molecule has 1 amide bonds. The molecule has 6 nitrogen and oxygen atoms in total. The fourth-order valence-electron chi connectivity index (χ4n) is 3.51. The number of carbonyl (C=O) groups is 2. The van der Waals surface area contributed by atoms with Crippen LogP contribution in [0.4, 0.5) is 0 Å². The first kappa shape index (κ1) is 18.1. The molecule has 0 atom stereocenters. The van der Waals surface area contributed by atoms with Crippen LogP contribution < -0.4 is 5.32 Å². The molecule has 1 aromatic heterocycles. The van der Waals surface area contributed by atoms with E-state index >= 15 is 0 Å². The Bertz CT molecular complexity index is 813. The first-order valence-corrected chi connectivity index (χ1v) is 8.63. The van der Waals surface area contributed by atoms with Gasteiger partial charge in [0.15, 0.2) is 0 Å². The summed E-state index contributed by atoms with van der Waals surface area (Å²) in [6, 6.07) is 11.0. The zero-order chi connectivity index (χ0) is 18.6. The molecule has 2 aromatic rings. The maximum absolute atomic E-state index is 12.6. The van der Waals surface area contributed by atoms with Gasteiger partial charge in [0.2, 0.25) is 0 Å². The number of amides is 1. The van der Waals surface area contributed by atoms with Gasteiger partial charge in [-0.25, -0.2) is 9.78 Å². The molecule has 136 valence electrons. The minimum Gasteiger partial charge on any atom is -0.477 e. The lowest BCUT2D eigenvalue weighted by Gasteiger charge is -2.39. The fourth-order valence-corrected chi connectivity index (χ4v) is 3.51. The van der Waals surface area contributed by atoms with Gasteiger partial charge in [-0.15, -0.1) is 0 Å². The number of aromatic carboxylic acids is 1. The van der Waals surface area contributed by atoms with Crippen molar-refractivity contribution in [2.24, 2.45) is 0 Å². The molecular weight excluding hydrogens is 332 g/mol. The monoisotopic (exact) mass is 354 g/mol. The molecule has 26 heavy (non-hydrogen) atoms. The van der Waals surface area contributed by atoms with Crippen molar-refractivity contribution >= 4 is 11.9 Å². The van der Waals surface area contributed by atoms with Crippen molar-refractivity contribution in [3.05, 3.63) is 65.0 Å². The Morgan fingerprint density at radius 3 is 2.65 bits per heavy atom. The van der Waals surface area contributed by atoms with Crippen LogP contribution in [0.15, 0.2) is 42.6 Å². The number of carbonyl (C=O) groups excluding carboxylic acids is 1. The highest BCUT2D eigenvalue weighted by Crippen LogP contribution is 2.36. The second-order valence-corrected chi connectivity index (χ2v) is 6.63. The predicted octanol–water partition coefficient (Wildman–Crippen LogP) is 2.57. The Morgan fingerprint density at radius 2 is 1.96 bits per heavy atom. The average molecular weight is 354 g/mol. The Kier molecular flexibility index (Phi) is 5.32. The number of nitrogens with zero attached hydrogens (tertiary/aromatic N) is 1. The molecule has 6 heteroatoms. The van der Waals surface area contributed by atoms with Gasteiger partial charge in [-0.3, -0.25) is 4.79 Å². The number of aryl methyl sites for hydroxylation is 1. The number of benzene rings is 1. The zero-order valence-corrected chi connectivity index (χ0v) is 14.7. The fraction of sp³-hybridized carbons (Fsp3) is 0.350. The van der Waals surface area contributed by atoms with Gasteiger partial charge in [0.25, 0.3) is 5.91 Å². The summed E-state index contributed by atoms with van der Waals surface area (Å²) in [5.74, 6) is -1.45. The van der Waals surface area contributed by atoms with E-state index in [1.807, 2.05) is 12.1 Å². The van der Waals surface area contributed by atoms with Crippen LogP contribution in [0.5, 0.6) is 0 Å². The third-order valence-corrected chi connectivity index (χ3v) is 4.99. The van der Waals surface area contributed by atoms with E-state index in [4.69, 9.17) is 9.84 Å². The summed E-state index contributed by atoms with van der Waals surface area (Å²) in [5, 5.41) is 12.0. The predicted molar refractivity (Wildman–Crippen MR) is 96.4 cm³/mol. The molecule has 0 aliphatic carbocycles. The summed E-state index contributed by atoms with van der Waals surface area (Å²) in [6.45, 7) is 3.87. The smallest absolute Gasteiger partial charge is 0.354 e. The third-order valence-electron chi connectivity index (χ3n) is 4.99. The molecule has 1 aliphatic heterocycles. The summed E-state index contributed by atoms with van der Waals surface area (Å²) >= 11 is 0. The van der Waals surface area contributed by atoms with E-state index in [0.717, 1.165) is 12.8 Å². The Hall–Kier alpha value is -2.73. The van der Waals surface area contributed by atoms with Gasteiger partial charge < -0.3 is 15.2 Å². The van der Waals surface area contributed by atoms with Crippen molar-refractivity contribution in [3.8, 4) is 0 Å². The summed E-state index contributed by atoms with van der Waals surface area (Å²) < 4.78 is 5.53. The van der Waals surface area contributed by atoms with Crippen LogP contribution in [-0.2, 0) is 10.2 Å². The number of nitrogens with one attached hydrogen (secondary N) is 1. The lowest BCUT2D eigenvalue weighted by atomic mass is 9.72. The van der Waals surface area contributed by atoms with Crippen LogP contribution in [0.3, 0.4) is 0 Å². The van der Waals surface area contributed by atoms with Gasteiger partial charge in [0, 0.05) is 36.9 Å². The minimum absolute atomic E-state index is 0.141. The summed E-state index contributed by atoms with van der Waals surface area (Å²) in [4.78, 5) is 27.4. The van der Waals surface area contributed by atoms with E-state index in [0.29, 0.717) is 25.3 Å². The zero-order valence-electron chi connectivity index (χ0n) is 14.7. The van der Waals surface area contributed by atoms with Gasteiger partial charge in [-0.2, -0.15) is 0 Å².